The van der Waals surface area contributed by atoms with E-state index >= 15 is 0 Å². The number of nitrogens with one attached hydrogen (secondary N) is 2. The Morgan fingerprint density at radius 3 is 3.14 bits per heavy atom. The third kappa shape index (κ3) is 1.74. The first-order chi connectivity index (χ1) is 10.2. The van der Waals surface area contributed by atoms with Crippen LogP contribution in [0.3, 0.4) is 0 Å². The first-order valence-corrected chi connectivity index (χ1v) is 7.14. The Labute approximate surface area is 122 Å². The van der Waals surface area contributed by atoms with E-state index in [4.69, 9.17) is 5.21 Å². The molecule has 0 radical (unpaired) electrons. The fraction of sp³-hybridized carbons (Fsp3) is 0.312. The van der Waals surface area contributed by atoms with Crippen LogP contribution in [0.5, 0.6) is 0 Å². The molecule has 2 atom stereocenters. The smallest absolute Gasteiger partial charge is 0.251 e. The summed E-state index contributed by atoms with van der Waals surface area (Å²) in [5, 5.41) is 10.2. The van der Waals surface area contributed by atoms with Gasteiger partial charge < -0.3 is 4.98 Å². The van der Waals surface area contributed by atoms with Crippen molar-refractivity contribution in [2.45, 2.75) is 12.5 Å². The maximum atomic E-state index is 11.8. The molecule has 2 heterocycles. The van der Waals surface area contributed by atoms with Gasteiger partial charge in [-0.1, -0.05) is 18.2 Å². The van der Waals surface area contributed by atoms with E-state index < -0.39 is 0 Å². The molecule has 21 heavy (non-hydrogen) atoms. The van der Waals surface area contributed by atoms with Crippen LogP contribution >= 0.6 is 0 Å². The predicted octanol–water partition coefficient (Wildman–Crippen LogP) is 1.54. The second kappa shape index (κ2) is 4.44. The molecule has 2 unspecified atom stereocenters. The van der Waals surface area contributed by atoms with E-state index in [1.807, 2.05) is 19.2 Å². The molecule has 0 fully saturated rings. The third-order valence-corrected chi connectivity index (χ3v) is 4.72. The quantitative estimate of drug-likeness (QED) is 0.549. The summed E-state index contributed by atoms with van der Waals surface area (Å²) in [6.07, 6.45) is 5.05. The Hall–Kier alpha value is -2.11. The molecule has 1 aliphatic heterocycles. The van der Waals surface area contributed by atoms with Crippen LogP contribution in [0.1, 0.15) is 11.1 Å². The van der Waals surface area contributed by atoms with E-state index in [0.717, 1.165) is 11.9 Å². The summed E-state index contributed by atoms with van der Waals surface area (Å²) in [6, 6.07) is 6.52. The molecule has 0 spiro atoms. The first-order valence-electron chi connectivity index (χ1n) is 7.14. The minimum Gasteiger partial charge on any atom is -0.361 e. The van der Waals surface area contributed by atoms with Crippen LogP contribution in [0.25, 0.3) is 16.5 Å². The van der Waals surface area contributed by atoms with Crippen LogP contribution in [-0.4, -0.2) is 40.6 Å². The zero-order valence-corrected chi connectivity index (χ0v) is 11.8. The Morgan fingerprint density at radius 1 is 1.48 bits per heavy atom. The summed E-state index contributed by atoms with van der Waals surface area (Å²) < 4.78 is 0. The number of carbonyl (C=O) groups is 1. The average molecular weight is 283 g/mol. The lowest BCUT2D eigenvalue weighted by molar-refractivity contribution is -0.132. The van der Waals surface area contributed by atoms with Crippen molar-refractivity contribution < 1.29 is 10.0 Å². The molecule has 4 rings (SSSR count). The van der Waals surface area contributed by atoms with Crippen molar-refractivity contribution >= 4 is 22.4 Å². The van der Waals surface area contributed by atoms with Gasteiger partial charge in [0.15, 0.2) is 0 Å². The lowest BCUT2D eigenvalue weighted by Crippen LogP contribution is -2.46. The predicted molar refractivity (Wildman–Crippen MR) is 79.8 cm³/mol. The van der Waals surface area contributed by atoms with Crippen LogP contribution in [0.2, 0.25) is 0 Å². The van der Waals surface area contributed by atoms with E-state index in [0.29, 0.717) is 12.6 Å². The molecule has 1 aromatic carbocycles. The number of rotatable bonds is 1. The monoisotopic (exact) mass is 283 g/mol. The van der Waals surface area contributed by atoms with Crippen molar-refractivity contribution in [3.8, 4) is 0 Å². The fourth-order valence-corrected chi connectivity index (χ4v) is 3.70. The zero-order chi connectivity index (χ0) is 14.6. The second-order valence-corrected chi connectivity index (χ2v) is 5.91. The molecule has 2 aliphatic rings. The van der Waals surface area contributed by atoms with Gasteiger partial charge in [0.1, 0.15) is 0 Å². The number of nitrogens with zero attached hydrogens (tertiary/aromatic N) is 1. The van der Waals surface area contributed by atoms with Crippen molar-refractivity contribution in [1.29, 1.82) is 0 Å². The maximum absolute atomic E-state index is 11.8. The van der Waals surface area contributed by atoms with Gasteiger partial charge in [0.25, 0.3) is 5.91 Å². The van der Waals surface area contributed by atoms with Gasteiger partial charge in [0.05, 0.1) is 5.92 Å². The van der Waals surface area contributed by atoms with Gasteiger partial charge in [-0.3, -0.25) is 14.9 Å². The van der Waals surface area contributed by atoms with Crippen molar-refractivity contribution in [2.75, 3.05) is 13.6 Å². The molecule has 0 saturated heterocycles. The summed E-state index contributed by atoms with van der Waals surface area (Å²) in [6.45, 7) is 0.621. The van der Waals surface area contributed by atoms with Gasteiger partial charge >= 0.3 is 0 Å². The molecule has 108 valence electrons. The fourth-order valence-electron chi connectivity index (χ4n) is 3.70. The number of aromatic amines is 1. The molecule has 5 heteroatoms. The molecule has 1 amide bonds. The highest BCUT2D eigenvalue weighted by Crippen LogP contribution is 2.40. The standard InChI is InChI=1S/C16H17N3O2/c1-19-8-10(16(20)18-21)5-12-11-3-2-4-13-15(11)9(7-17-13)6-14(12)19/h2-5,7,10,14,17,21H,6,8H2,1H3,(H,18,20). The van der Waals surface area contributed by atoms with Crippen LogP contribution in [0.15, 0.2) is 30.5 Å². The zero-order valence-electron chi connectivity index (χ0n) is 11.8. The van der Waals surface area contributed by atoms with Gasteiger partial charge in [0, 0.05) is 29.7 Å². The molecule has 5 nitrogen and oxygen atoms in total. The number of fused-ring (bicyclic) bond motifs is 2. The average Bonchev–Trinajstić information content (AvgIpc) is 2.92. The molecule has 2 aromatic rings. The van der Waals surface area contributed by atoms with E-state index in [1.165, 1.54) is 22.1 Å². The topological polar surface area (TPSA) is 68.4 Å². The molecule has 3 N–H and O–H groups in total. The number of carbonyl (C=O) groups excluding carboxylic acids is 1. The van der Waals surface area contributed by atoms with Gasteiger partial charge in [-0.25, -0.2) is 5.48 Å². The highest BCUT2D eigenvalue weighted by atomic mass is 16.5. The summed E-state index contributed by atoms with van der Waals surface area (Å²) in [5.41, 5.74) is 6.63. The van der Waals surface area contributed by atoms with Crippen molar-refractivity contribution in [1.82, 2.24) is 15.4 Å². The molecular weight excluding hydrogens is 266 g/mol. The normalized spacial score (nSPS) is 24.6. The molecule has 1 aromatic heterocycles. The lowest BCUT2D eigenvalue weighted by atomic mass is 9.80. The van der Waals surface area contributed by atoms with Crippen LogP contribution in [0, 0.1) is 5.92 Å². The molecule has 0 saturated carbocycles. The number of amides is 1. The van der Waals surface area contributed by atoms with Gasteiger partial charge in [0.2, 0.25) is 0 Å². The summed E-state index contributed by atoms with van der Waals surface area (Å²) in [4.78, 5) is 17.3. The molecule has 0 bridgehead atoms. The molecule has 1 aliphatic carbocycles. The minimum atomic E-state index is -0.347. The number of hydrogen-bond donors (Lipinski definition) is 3. The highest BCUT2D eigenvalue weighted by molar-refractivity contribution is 5.99. The number of likely N-dealkylation sites (N-methyl/N-ethyl adjacent to an activating group) is 1. The third-order valence-electron chi connectivity index (χ3n) is 4.72. The summed E-state index contributed by atoms with van der Waals surface area (Å²) >= 11 is 0. The summed E-state index contributed by atoms with van der Waals surface area (Å²) in [7, 11) is 2.03. The minimum absolute atomic E-state index is 0.293. The van der Waals surface area contributed by atoms with Crippen molar-refractivity contribution in [3.63, 3.8) is 0 Å². The SMILES string of the molecule is CN1CC(C(=O)NO)C=C2c3cccc4[nH]cc(c34)CC21. The van der Waals surface area contributed by atoms with Gasteiger partial charge in [-0.2, -0.15) is 0 Å². The Bertz CT molecular complexity index is 762. The van der Waals surface area contributed by atoms with E-state index in [-0.39, 0.29) is 11.8 Å². The molecular formula is C16H17N3O2. The van der Waals surface area contributed by atoms with Gasteiger partial charge in [-0.15, -0.1) is 0 Å². The largest absolute Gasteiger partial charge is 0.361 e. The Balaban J connectivity index is 1.91. The van der Waals surface area contributed by atoms with Crippen molar-refractivity contribution in [2.24, 2.45) is 5.92 Å². The number of H-pyrrole nitrogens is 1. The van der Waals surface area contributed by atoms with E-state index in [9.17, 15) is 4.79 Å². The highest BCUT2D eigenvalue weighted by Gasteiger charge is 2.35. The number of benzene rings is 1. The number of aromatic nitrogens is 1. The second-order valence-electron chi connectivity index (χ2n) is 5.91. The number of hydrogen-bond acceptors (Lipinski definition) is 3. The first kappa shape index (κ1) is 12.6. The lowest BCUT2D eigenvalue weighted by Gasteiger charge is -2.39. The van der Waals surface area contributed by atoms with Crippen molar-refractivity contribution in [3.05, 3.63) is 41.6 Å². The summed E-state index contributed by atoms with van der Waals surface area (Å²) in [5.74, 6) is -0.665. The Morgan fingerprint density at radius 2 is 2.33 bits per heavy atom. The Kier molecular flexibility index (Phi) is 2.67. The maximum Gasteiger partial charge on any atom is 0.251 e. The van der Waals surface area contributed by atoms with Crippen LogP contribution in [-0.2, 0) is 11.2 Å². The van der Waals surface area contributed by atoms with Gasteiger partial charge in [-0.05, 0) is 36.2 Å². The van der Waals surface area contributed by atoms with E-state index in [1.54, 1.807) is 5.48 Å². The van der Waals surface area contributed by atoms with Crippen LogP contribution in [0.4, 0.5) is 0 Å². The van der Waals surface area contributed by atoms with Crippen LogP contribution < -0.4 is 5.48 Å². The number of hydroxylamine groups is 1. The van der Waals surface area contributed by atoms with E-state index in [2.05, 4.69) is 28.2 Å².